The van der Waals surface area contributed by atoms with Crippen LogP contribution in [0.3, 0.4) is 0 Å². The first-order chi connectivity index (χ1) is 12.4. The Hall–Kier alpha value is -1.86. The van der Waals surface area contributed by atoms with Crippen molar-refractivity contribution in [2.45, 2.75) is 30.4 Å². The normalized spacial score (nSPS) is 20.2. The molecule has 2 atom stereocenters. The predicted molar refractivity (Wildman–Crippen MR) is 106 cm³/mol. The van der Waals surface area contributed by atoms with E-state index in [0.29, 0.717) is 27.0 Å². The fourth-order valence-electron chi connectivity index (χ4n) is 3.55. The molecule has 1 aliphatic heterocycles. The van der Waals surface area contributed by atoms with Crippen LogP contribution in [0.15, 0.2) is 91.0 Å². The third-order valence-corrected chi connectivity index (χ3v) is 7.37. The van der Waals surface area contributed by atoms with Crippen LogP contribution in [-0.4, -0.2) is 25.9 Å². The summed E-state index contributed by atoms with van der Waals surface area (Å²) in [5.41, 5.74) is 2.88. The summed E-state index contributed by atoms with van der Waals surface area (Å²) in [6.45, 7) is 1.05. The first-order valence-corrected chi connectivity index (χ1v) is 11.0. The zero-order chi connectivity index (χ0) is 16.9. The molecule has 2 heteroatoms. The van der Waals surface area contributed by atoms with Gasteiger partial charge in [-0.15, -0.1) is 0 Å². The summed E-state index contributed by atoms with van der Waals surface area (Å²) in [6, 6.07) is 34.1. The number of likely N-dealkylation sites (tertiary alicyclic amines) is 1. The third-order valence-electron chi connectivity index (χ3n) is 4.94. The molecule has 1 nitrogen and oxygen atoms in total. The zero-order valence-corrected chi connectivity index (χ0v) is 16.0. The standard InChI is InChI=1S/C23H23NSe/c1-4-10-19(11-5-1)17-24-21(18-25-22-14-8-3-9-15-22)16-23(24)20-12-6-2-7-13-20/h1-15,21,23H,16-18H2/t21-,23-/m0/s1. The van der Waals surface area contributed by atoms with Crippen molar-refractivity contribution in [1.29, 1.82) is 0 Å². The van der Waals surface area contributed by atoms with Gasteiger partial charge in [0.2, 0.25) is 0 Å². The van der Waals surface area contributed by atoms with E-state index in [-0.39, 0.29) is 0 Å². The molecule has 1 heterocycles. The van der Waals surface area contributed by atoms with Gasteiger partial charge in [-0.1, -0.05) is 0 Å². The molecule has 0 unspecified atom stereocenters. The van der Waals surface area contributed by atoms with Crippen molar-refractivity contribution in [3.05, 3.63) is 102 Å². The Bertz CT molecular complexity index is 771. The minimum atomic E-state index is 0.558. The second kappa shape index (κ2) is 8.01. The zero-order valence-electron chi connectivity index (χ0n) is 14.3. The summed E-state index contributed by atoms with van der Waals surface area (Å²) in [5.74, 6) is 0. The molecule has 0 aromatic heterocycles. The van der Waals surface area contributed by atoms with Crippen molar-refractivity contribution in [2.24, 2.45) is 0 Å². The van der Waals surface area contributed by atoms with Gasteiger partial charge in [-0.2, -0.15) is 0 Å². The Morgan fingerprint density at radius 2 is 1.36 bits per heavy atom. The van der Waals surface area contributed by atoms with Crippen molar-refractivity contribution in [3.8, 4) is 0 Å². The van der Waals surface area contributed by atoms with Crippen LogP contribution in [0.2, 0.25) is 5.32 Å². The molecule has 1 fully saturated rings. The van der Waals surface area contributed by atoms with Crippen LogP contribution < -0.4 is 4.46 Å². The van der Waals surface area contributed by atoms with Gasteiger partial charge >= 0.3 is 157 Å². The second-order valence-electron chi connectivity index (χ2n) is 6.60. The minimum absolute atomic E-state index is 0.558. The predicted octanol–water partition coefficient (Wildman–Crippen LogP) is 4.45. The van der Waals surface area contributed by atoms with E-state index in [0.717, 1.165) is 6.54 Å². The maximum atomic E-state index is 2.70. The van der Waals surface area contributed by atoms with Crippen LogP contribution in [0.4, 0.5) is 0 Å². The molecule has 1 aliphatic rings. The summed E-state index contributed by atoms with van der Waals surface area (Å²) in [5, 5.41) is 1.30. The van der Waals surface area contributed by atoms with Crippen molar-refractivity contribution >= 4 is 19.4 Å². The van der Waals surface area contributed by atoms with Gasteiger partial charge in [0.05, 0.1) is 0 Å². The molecular weight excluding hydrogens is 369 g/mol. The summed E-state index contributed by atoms with van der Waals surface area (Å²) in [6.07, 6.45) is 1.28. The Balaban J connectivity index is 1.47. The number of hydrogen-bond donors (Lipinski definition) is 0. The van der Waals surface area contributed by atoms with Gasteiger partial charge in [-0.25, -0.2) is 0 Å². The average Bonchev–Trinajstić information content (AvgIpc) is 2.68. The molecule has 0 aliphatic carbocycles. The Kier molecular flexibility index (Phi) is 5.32. The molecule has 3 aromatic rings. The molecule has 3 aromatic carbocycles. The molecule has 0 N–H and O–H groups in total. The number of nitrogens with zero attached hydrogens (tertiary/aromatic N) is 1. The van der Waals surface area contributed by atoms with Crippen molar-refractivity contribution in [1.82, 2.24) is 4.90 Å². The molecule has 126 valence electrons. The Morgan fingerprint density at radius 3 is 2.04 bits per heavy atom. The van der Waals surface area contributed by atoms with Gasteiger partial charge in [-0.3, -0.25) is 0 Å². The Morgan fingerprint density at radius 1 is 0.760 bits per heavy atom. The van der Waals surface area contributed by atoms with Gasteiger partial charge in [0.15, 0.2) is 0 Å². The molecule has 4 rings (SSSR count). The second-order valence-corrected chi connectivity index (χ2v) is 8.89. The summed E-state index contributed by atoms with van der Waals surface area (Å²) in [7, 11) is 0. The van der Waals surface area contributed by atoms with E-state index in [1.807, 2.05) is 0 Å². The fraction of sp³-hybridized carbons (Fsp3) is 0.217. The van der Waals surface area contributed by atoms with E-state index in [9.17, 15) is 0 Å². The summed E-state index contributed by atoms with van der Waals surface area (Å²) >= 11 is 0.558. The monoisotopic (exact) mass is 393 g/mol. The van der Waals surface area contributed by atoms with Crippen LogP contribution in [0, 0.1) is 0 Å². The van der Waals surface area contributed by atoms with Crippen molar-refractivity contribution in [3.63, 3.8) is 0 Å². The third kappa shape index (κ3) is 4.04. The SMILES string of the molecule is c1ccc(CN2[C@H](C[Se]c3ccccc3)C[C@H]2c2ccccc2)cc1. The molecule has 25 heavy (non-hydrogen) atoms. The van der Waals surface area contributed by atoms with Gasteiger partial charge in [0.25, 0.3) is 0 Å². The molecule has 0 spiro atoms. The molecule has 0 bridgehead atoms. The van der Waals surface area contributed by atoms with E-state index in [4.69, 9.17) is 0 Å². The molecule has 0 radical (unpaired) electrons. The molecule has 0 amide bonds. The van der Waals surface area contributed by atoms with Crippen molar-refractivity contribution < 1.29 is 0 Å². The Labute approximate surface area is 156 Å². The van der Waals surface area contributed by atoms with E-state index >= 15 is 0 Å². The number of rotatable bonds is 6. The molecular formula is C23H23NSe. The van der Waals surface area contributed by atoms with Crippen LogP contribution >= 0.6 is 0 Å². The van der Waals surface area contributed by atoms with Crippen molar-refractivity contribution in [2.75, 3.05) is 0 Å². The fourth-order valence-corrected chi connectivity index (χ4v) is 5.78. The summed E-state index contributed by atoms with van der Waals surface area (Å²) in [4.78, 5) is 2.70. The molecule has 0 saturated carbocycles. The van der Waals surface area contributed by atoms with E-state index < -0.39 is 0 Å². The van der Waals surface area contributed by atoms with Crippen LogP contribution in [0.5, 0.6) is 0 Å². The van der Waals surface area contributed by atoms with Crippen LogP contribution in [-0.2, 0) is 6.54 Å². The van der Waals surface area contributed by atoms with Gasteiger partial charge in [0, 0.05) is 0 Å². The van der Waals surface area contributed by atoms with E-state index in [1.165, 1.54) is 27.3 Å². The topological polar surface area (TPSA) is 3.24 Å². The molecule has 1 saturated heterocycles. The first-order valence-electron chi connectivity index (χ1n) is 8.92. The van der Waals surface area contributed by atoms with Gasteiger partial charge in [-0.05, 0) is 0 Å². The van der Waals surface area contributed by atoms with Crippen LogP contribution in [0.25, 0.3) is 0 Å². The number of hydrogen-bond acceptors (Lipinski definition) is 1. The quantitative estimate of drug-likeness (QED) is 0.561. The van der Waals surface area contributed by atoms with E-state index in [1.54, 1.807) is 0 Å². The van der Waals surface area contributed by atoms with Gasteiger partial charge < -0.3 is 0 Å². The first kappa shape index (κ1) is 16.6. The van der Waals surface area contributed by atoms with Gasteiger partial charge in [0.1, 0.15) is 0 Å². The number of benzene rings is 3. The average molecular weight is 392 g/mol. The van der Waals surface area contributed by atoms with Crippen LogP contribution in [0.1, 0.15) is 23.6 Å². The maximum absolute atomic E-state index is 2.70. The van der Waals surface area contributed by atoms with E-state index in [2.05, 4.69) is 95.9 Å². The summed E-state index contributed by atoms with van der Waals surface area (Å²) < 4.78 is 1.51.